The maximum absolute atomic E-state index is 9.49. The van der Waals surface area contributed by atoms with Gasteiger partial charge in [-0.15, -0.1) is 0 Å². The van der Waals surface area contributed by atoms with Gasteiger partial charge >= 0.3 is 0 Å². The average molecular weight is 390 g/mol. The van der Waals surface area contributed by atoms with E-state index in [-0.39, 0.29) is 17.5 Å². The molecule has 0 fully saturated rings. The van der Waals surface area contributed by atoms with E-state index in [1.54, 1.807) is 12.1 Å². The fourth-order valence-electron chi connectivity index (χ4n) is 1.79. The Morgan fingerprint density at radius 1 is 1.11 bits per heavy atom. The second kappa shape index (κ2) is 5.88. The SMILES string of the molecule is CC(Nc1ccc(Cl)cc1I)c1cc(O)cc(O)c1. The number of hydrogen-bond donors (Lipinski definition) is 3. The molecule has 0 aliphatic heterocycles. The Labute approximate surface area is 130 Å². The maximum Gasteiger partial charge on any atom is 0.119 e. The molecule has 0 saturated heterocycles. The van der Waals surface area contributed by atoms with E-state index in [9.17, 15) is 10.2 Å². The number of anilines is 1. The summed E-state index contributed by atoms with van der Waals surface area (Å²) in [5.41, 5.74) is 1.77. The van der Waals surface area contributed by atoms with Crippen molar-refractivity contribution in [3.63, 3.8) is 0 Å². The molecule has 0 saturated carbocycles. The Hall–Kier alpha value is -1.14. The number of hydrogen-bond acceptors (Lipinski definition) is 3. The third-order valence-electron chi connectivity index (χ3n) is 2.73. The van der Waals surface area contributed by atoms with Gasteiger partial charge in [0.2, 0.25) is 0 Å². The normalized spacial score (nSPS) is 12.2. The number of halogens is 2. The number of phenols is 2. The van der Waals surface area contributed by atoms with E-state index >= 15 is 0 Å². The van der Waals surface area contributed by atoms with Crippen molar-refractivity contribution in [2.45, 2.75) is 13.0 Å². The third kappa shape index (κ3) is 3.67. The van der Waals surface area contributed by atoms with Crippen LogP contribution in [0, 0.1) is 3.57 Å². The minimum absolute atomic E-state index is 0.0484. The summed E-state index contributed by atoms with van der Waals surface area (Å²) >= 11 is 8.12. The van der Waals surface area contributed by atoms with Crippen molar-refractivity contribution in [1.82, 2.24) is 0 Å². The van der Waals surface area contributed by atoms with Gasteiger partial charge in [0.05, 0.1) is 0 Å². The lowest BCUT2D eigenvalue weighted by Crippen LogP contribution is -2.07. The van der Waals surface area contributed by atoms with Gasteiger partial charge in [-0.3, -0.25) is 0 Å². The van der Waals surface area contributed by atoms with Crippen LogP contribution in [-0.4, -0.2) is 10.2 Å². The molecule has 2 aromatic rings. The van der Waals surface area contributed by atoms with Gasteiger partial charge in [0.15, 0.2) is 0 Å². The Balaban J connectivity index is 2.22. The fraction of sp³-hybridized carbons (Fsp3) is 0.143. The van der Waals surface area contributed by atoms with E-state index in [4.69, 9.17) is 11.6 Å². The molecule has 0 spiro atoms. The Morgan fingerprint density at radius 3 is 2.32 bits per heavy atom. The molecule has 1 unspecified atom stereocenters. The van der Waals surface area contributed by atoms with Gasteiger partial charge in [0, 0.05) is 26.4 Å². The van der Waals surface area contributed by atoms with Crippen LogP contribution in [0.25, 0.3) is 0 Å². The van der Waals surface area contributed by atoms with Crippen LogP contribution < -0.4 is 5.32 Å². The first-order valence-electron chi connectivity index (χ1n) is 5.70. The van der Waals surface area contributed by atoms with Gasteiger partial charge in [0.25, 0.3) is 0 Å². The molecule has 0 heterocycles. The van der Waals surface area contributed by atoms with E-state index < -0.39 is 0 Å². The number of rotatable bonds is 3. The fourth-order valence-corrected chi connectivity index (χ4v) is 2.82. The molecule has 0 aliphatic rings. The minimum atomic E-state index is -0.0484. The van der Waals surface area contributed by atoms with Crippen molar-refractivity contribution in [1.29, 1.82) is 0 Å². The van der Waals surface area contributed by atoms with Gasteiger partial charge in [-0.2, -0.15) is 0 Å². The van der Waals surface area contributed by atoms with Gasteiger partial charge in [-0.05, 0) is 65.4 Å². The van der Waals surface area contributed by atoms with Crippen molar-refractivity contribution in [2.75, 3.05) is 5.32 Å². The first-order chi connectivity index (χ1) is 8.95. The standard InChI is InChI=1S/C14H13ClINO2/c1-8(9-4-11(18)7-12(19)5-9)17-14-3-2-10(15)6-13(14)16/h2-8,17-19H,1H3. The highest BCUT2D eigenvalue weighted by atomic mass is 127. The minimum Gasteiger partial charge on any atom is -0.508 e. The third-order valence-corrected chi connectivity index (χ3v) is 3.86. The van der Waals surface area contributed by atoms with E-state index in [0.717, 1.165) is 14.8 Å². The smallest absolute Gasteiger partial charge is 0.119 e. The van der Waals surface area contributed by atoms with Crippen LogP contribution in [0.3, 0.4) is 0 Å². The summed E-state index contributed by atoms with van der Waals surface area (Å²) in [5.74, 6) is 0.101. The molecule has 2 rings (SSSR count). The highest BCUT2D eigenvalue weighted by Gasteiger charge is 2.10. The van der Waals surface area contributed by atoms with Gasteiger partial charge in [-0.1, -0.05) is 11.6 Å². The lowest BCUT2D eigenvalue weighted by Gasteiger charge is -2.17. The summed E-state index contributed by atoms with van der Waals surface area (Å²) in [6, 6.07) is 10.1. The van der Waals surface area contributed by atoms with Crippen molar-refractivity contribution in [3.05, 3.63) is 50.6 Å². The number of nitrogens with one attached hydrogen (secondary N) is 1. The first kappa shape index (κ1) is 14.3. The van der Waals surface area contributed by atoms with E-state index in [0.29, 0.717) is 5.02 Å². The summed E-state index contributed by atoms with van der Waals surface area (Å²) in [7, 11) is 0. The summed E-state index contributed by atoms with van der Waals surface area (Å²) in [6.45, 7) is 1.96. The summed E-state index contributed by atoms with van der Waals surface area (Å²) in [4.78, 5) is 0. The zero-order chi connectivity index (χ0) is 14.0. The highest BCUT2D eigenvalue weighted by molar-refractivity contribution is 14.1. The molecule has 3 N–H and O–H groups in total. The lowest BCUT2D eigenvalue weighted by molar-refractivity contribution is 0.448. The molecule has 0 aromatic heterocycles. The Morgan fingerprint density at radius 2 is 1.74 bits per heavy atom. The van der Waals surface area contributed by atoms with Crippen LogP contribution in [0.15, 0.2) is 36.4 Å². The summed E-state index contributed by atoms with van der Waals surface area (Å²) < 4.78 is 1.02. The molecule has 0 bridgehead atoms. The Bertz CT molecular complexity index is 584. The molecular weight excluding hydrogens is 377 g/mol. The van der Waals surface area contributed by atoms with Crippen LogP contribution >= 0.6 is 34.2 Å². The van der Waals surface area contributed by atoms with E-state index in [2.05, 4.69) is 27.9 Å². The molecule has 3 nitrogen and oxygen atoms in total. The zero-order valence-electron chi connectivity index (χ0n) is 10.2. The second-order valence-corrected chi connectivity index (χ2v) is 5.87. The molecule has 19 heavy (non-hydrogen) atoms. The van der Waals surface area contributed by atoms with E-state index in [1.165, 1.54) is 6.07 Å². The van der Waals surface area contributed by atoms with Gasteiger partial charge in [-0.25, -0.2) is 0 Å². The van der Waals surface area contributed by atoms with Crippen LogP contribution in [-0.2, 0) is 0 Å². The van der Waals surface area contributed by atoms with Crippen molar-refractivity contribution in [2.24, 2.45) is 0 Å². The topological polar surface area (TPSA) is 52.5 Å². The first-order valence-corrected chi connectivity index (χ1v) is 7.16. The van der Waals surface area contributed by atoms with Crippen LogP contribution in [0.4, 0.5) is 5.69 Å². The second-order valence-electron chi connectivity index (χ2n) is 4.27. The summed E-state index contributed by atoms with van der Waals surface area (Å²) in [5, 5.41) is 23.0. The van der Waals surface area contributed by atoms with E-state index in [1.807, 2.05) is 25.1 Å². The van der Waals surface area contributed by atoms with Crippen molar-refractivity contribution in [3.8, 4) is 11.5 Å². The van der Waals surface area contributed by atoms with Gasteiger partial charge < -0.3 is 15.5 Å². The molecule has 2 aromatic carbocycles. The zero-order valence-corrected chi connectivity index (χ0v) is 13.1. The Kier molecular flexibility index (Phi) is 4.42. The molecule has 0 radical (unpaired) electrons. The predicted octanol–water partition coefficient (Wildman–Crippen LogP) is 4.53. The van der Waals surface area contributed by atoms with Crippen LogP contribution in [0.5, 0.6) is 11.5 Å². The predicted molar refractivity (Wildman–Crippen MR) is 86.0 cm³/mol. The van der Waals surface area contributed by atoms with Crippen molar-refractivity contribution >= 4 is 39.9 Å². The largest absolute Gasteiger partial charge is 0.508 e. The number of aromatic hydroxyl groups is 2. The lowest BCUT2D eigenvalue weighted by atomic mass is 10.1. The van der Waals surface area contributed by atoms with Crippen molar-refractivity contribution < 1.29 is 10.2 Å². The molecule has 5 heteroatoms. The average Bonchev–Trinajstić information content (AvgIpc) is 2.31. The monoisotopic (exact) mass is 389 g/mol. The van der Waals surface area contributed by atoms with Gasteiger partial charge in [0.1, 0.15) is 11.5 Å². The molecular formula is C14H13ClINO2. The number of phenolic OH excluding ortho intramolecular Hbond substituents is 2. The van der Waals surface area contributed by atoms with Crippen LogP contribution in [0.2, 0.25) is 5.02 Å². The molecule has 1 atom stereocenters. The van der Waals surface area contributed by atoms with Crippen LogP contribution in [0.1, 0.15) is 18.5 Å². The quantitative estimate of drug-likeness (QED) is 0.676. The highest BCUT2D eigenvalue weighted by Crippen LogP contribution is 2.29. The molecule has 0 amide bonds. The molecule has 0 aliphatic carbocycles. The maximum atomic E-state index is 9.49. The number of benzene rings is 2. The summed E-state index contributed by atoms with van der Waals surface area (Å²) in [6.07, 6.45) is 0. The molecule has 100 valence electrons.